The van der Waals surface area contributed by atoms with Crippen LogP contribution in [0.5, 0.6) is 0 Å². The molecule has 7 nitrogen and oxygen atoms in total. The van der Waals surface area contributed by atoms with Gasteiger partial charge >= 0.3 is 0 Å². The molecule has 2 heterocycles. The number of hydrogen-bond acceptors (Lipinski definition) is 4. The van der Waals surface area contributed by atoms with Crippen LogP contribution in [-0.4, -0.2) is 55.6 Å². The van der Waals surface area contributed by atoms with Gasteiger partial charge in [-0.15, -0.1) is 0 Å². The summed E-state index contributed by atoms with van der Waals surface area (Å²) < 4.78 is 27.2. The molecule has 0 bridgehead atoms. The number of anilines is 1. The summed E-state index contributed by atoms with van der Waals surface area (Å²) in [7, 11) is -3.44. The molecule has 176 valence electrons. The molecule has 1 N–H and O–H groups in total. The molecule has 0 radical (unpaired) electrons. The topological polar surface area (TPSA) is 86.8 Å². The van der Waals surface area contributed by atoms with Crippen LogP contribution < -0.4 is 5.32 Å². The van der Waals surface area contributed by atoms with Crippen LogP contribution in [0.2, 0.25) is 0 Å². The van der Waals surface area contributed by atoms with E-state index in [0.717, 1.165) is 37.1 Å². The SMILES string of the molecule is Cc1cccc(CS(=O)(=O)N2CCC(C(=O)Nc3ccccc3C(=O)N3CCCC3)CC2)c1. The fraction of sp³-hybridized carbons (Fsp3) is 0.440. The van der Waals surface area contributed by atoms with E-state index in [1.807, 2.05) is 36.1 Å². The van der Waals surface area contributed by atoms with Crippen molar-refractivity contribution in [1.29, 1.82) is 0 Å². The van der Waals surface area contributed by atoms with Gasteiger partial charge in [0.1, 0.15) is 0 Å². The lowest BCUT2D eigenvalue weighted by Crippen LogP contribution is -2.42. The Labute approximate surface area is 195 Å². The van der Waals surface area contributed by atoms with Gasteiger partial charge in [0.05, 0.1) is 17.0 Å². The molecule has 2 aromatic carbocycles. The lowest BCUT2D eigenvalue weighted by Gasteiger charge is -2.30. The molecule has 4 rings (SSSR count). The minimum absolute atomic E-state index is 0.0302. The maximum Gasteiger partial charge on any atom is 0.255 e. The molecule has 33 heavy (non-hydrogen) atoms. The molecule has 2 fully saturated rings. The summed E-state index contributed by atoms with van der Waals surface area (Å²) in [4.78, 5) is 27.6. The fourth-order valence-electron chi connectivity index (χ4n) is 4.60. The number of hydrogen-bond donors (Lipinski definition) is 1. The van der Waals surface area contributed by atoms with Crippen molar-refractivity contribution in [3.63, 3.8) is 0 Å². The van der Waals surface area contributed by atoms with Gasteiger partial charge in [0.25, 0.3) is 5.91 Å². The number of nitrogens with one attached hydrogen (secondary N) is 1. The number of sulfonamides is 1. The molecule has 0 atom stereocenters. The predicted octanol–water partition coefficient (Wildman–Crippen LogP) is 3.41. The second-order valence-electron chi connectivity index (χ2n) is 8.95. The van der Waals surface area contributed by atoms with Gasteiger partial charge in [-0.1, -0.05) is 42.0 Å². The standard InChI is InChI=1S/C25H31N3O4S/c1-19-7-6-8-20(17-19)18-33(31,32)28-15-11-21(12-16-28)24(29)26-23-10-3-2-9-22(23)25(30)27-13-4-5-14-27/h2-3,6-10,17,21H,4-5,11-16,18H2,1H3,(H,26,29). The van der Waals surface area contributed by atoms with Crippen molar-refractivity contribution >= 4 is 27.5 Å². The molecule has 8 heteroatoms. The van der Waals surface area contributed by atoms with Crippen LogP contribution >= 0.6 is 0 Å². The van der Waals surface area contributed by atoms with Gasteiger partial charge in [-0.3, -0.25) is 9.59 Å². The Bertz CT molecular complexity index is 1120. The summed E-state index contributed by atoms with van der Waals surface area (Å²) >= 11 is 0. The number of carbonyl (C=O) groups excluding carboxylic acids is 2. The van der Waals surface area contributed by atoms with Crippen molar-refractivity contribution in [1.82, 2.24) is 9.21 Å². The van der Waals surface area contributed by atoms with E-state index < -0.39 is 10.0 Å². The molecule has 0 aliphatic carbocycles. The second kappa shape index (κ2) is 10.1. The molecule has 0 spiro atoms. The number of piperidine rings is 1. The number of para-hydroxylation sites is 1. The highest BCUT2D eigenvalue weighted by Crippen LogP contribution is 2.25. The van der Waals surface area contributed by atoms with Gasteiger partial charge in [-0.2, -0.15) is 0 Å². The van der Waals surface area contributed by atoms with Gasteiger partial charge in [-0.25, -0.2) is 12.7 Å². The third-order valence-electron chi connectivity index (χ3n) is 6.46. The molecule has 2 aliphatic heterocycles. The van der Waals surface area contributed by atoms with Gasteiger partial charge in [0.2, 0.25) is 15.9 Å². The number of benzene rings is 2. The van der Waals surface area contributed by atoms with E-state index in [4.69, 9.17) is 0 Å². The van der Waals surface area contributed by atoms with Crippen molar-refractivity contribution < 1.29 is 18.0 Å². The lowest BCUT2D eigenvalue weighted by molar-refractivity contribution is -0.120. The maximum atomic E-state index is 12.9. The highest BCUT2D eigenvalue weighted by Gasteiger charge is 2.32. The van der Waals surface area contributed by atoms with Crippen LogP contribution in [0, 0.1) is 12.8 Å². The summed E-state index contributed by atoms with van der Waals surface area (Å²) in [5.41, 5.74) is 2.83. The molecule has 0 saturated carbocycles. The van der Waals surface area contributed by atoms with Crippen molar-refractivity contribution in [2.45, 2.75) is 38.4 Å². The summed E-state index contributed by atoms with van der Waals surface area (Å²) in [6.45, 7) is 4.07. The van der Waals surface area contributed by atoms with Gasteiger partial charge in [0.15, 0.2) is 0 Å². The van der Waals surface area contributed by atoms with Crippen molar-refractivity contribution in [3.8, 4) is 0 Å². The molecule has 0 unspecified atom stereocenters. The Morgan fingerprint density at radius 2 is 1.67 bits per heavy atom. The lowest BCUT2D eigenvalue weighted by atomic mass is 9.97. The number of rotatable bonds is 6. The zero-order valence-electron chi connectivity index (χ0n) is 19.0. The quantitative estimate of drug-likeness (QED) is 0.702. The summed E-state index contributed by atoms with van der Waals surface area (Å²) in [6, 6.07) is 14.6. The Hall–Kier alpha value is -2.71. The van der Waals surface area contributed by atoms with Crippen LogP contribution in [0.3, 0.4) is 0 Å². The summed E-state index contributed by atoms with van der Waals surface area (Å²) in [5.74, 6) is -0.532. The normalized spacial score (nSPS) is 17.8. The number of aryl methyl sites for hydroxylation is 1. The van der Waals surface area contributed by atoms with Crippen LogP contribution in [-0.2, 0) is 20.6 Å². The predicted molar refractivity (Wildman–Crippen MR) is 128 cm³/mol. The summed E-state index contributed by atoms with van der Waals surface area (Å²) in [5, 5.41) is 2.93. The van der Waals surface area contributed by atoms with Crippen molar-refractivity contribution in [3.05, 3.63) is 65.2 Å². The molecule has 2 aliphatic rings. The van der Waals surface area contributed by atoms with E-state index in [0.29, 0.717) is 37.2 Å². The molecular weight excluding hydrogens is 438 g/mol. The first-order valence-corrected chi connectivity index (χ1v) is 13.2. The van der Waals surface area contributed by atoms with Crippen molar-refractivity contribution in [2.75, 3.05) is 31.5 Å². The molecule has 2 amide bonds. The maximum absolute atomic E-state index is 12.9. The average Bonchev–Trinajstić information content (AvgIpc) is 3.34. The van der Waals surface area contributed by atoms with Gasteiger partial charge < -0.3 is 10.2 Å². The Morgan fingerprint density at radius 1 is 0.970 bits per heavy atom. The zero-order chi connectivity index (χ0) is 23.4. The molecule has 0 aromatic heterocycles. The molecular formula is C25H31N3O4S. The van der Waals surface area contributed by atoms with Crippen molar-refractivity contribution in [2.24, 2.45) is 5.92 Å². The van der Waals surface area contributed by atoms with Gasteiger partial charge in [0, 0.05) is 32.1 Å². The molecule has 2 saturated heterocycles. The van der Waals surface area contributed by atoms with E-state index in [-0.39, 0.29) is 23.5 Å². The highest BCUT2D eigenvalue weighted by molar-refractivity contribution is 7.88. The summed E-state index contributed by atoms with van der Waals surface area (Å²) in [6.07, 6.45) is 2.93. The zero-order valence-corrected chi connectivity index (χ0v) is 19.8. The van der Waals surface area contributed by atoms with Crippen LogP contribution in [0.25, 0.3) is 0 Å². The van der Waals surface area contributed by atoms with Crippen LogP contribution in [0.4, 0.5) is 5.69 Å². The Morgan fingerprint density at radius 3 is 2.36 bits per heavy atom. The largest absolute Gasteiger partial charge is 0.339 e. The third-order valence-corrected chi connectivity index (χ3v) is 8.31. The first kappa shape index (κ1) is 23.4. The minimum atomic E-state index is -3.44. The Balaban J connectivity index is 1.36. The fourth-order valence-corrected chi connectivity index (χ4v) is 6.15. The minimum Gasteiger partial charge on any atom is -0.339 e. The highest BCUT2D eigenvalue weighted by atomic mass is 32.2. The van der Waals surface area contributed by atoms with E-state index in [1.54, 1.807) is 24.3 Å². The van der Waals surface area contributed by atoms with E-state index >= 15 is 0 Å². The number of carbonyl (C=O) groups is 2. The first-order chi connectivity index (χ1) is 15.8. The number of amides is 2. The van der Waals surface area contributed by atoms with Crippen LogP contribution in [0.1, 0.15) is 47.2 Å². The smallest absolute Gasteiger partial charge is 0.255 e. The first-order valence-electron chi connectivity index (χ1n) is 11.6. The Kier molecular flexibility index (Phi) is 7.14. The van der Waals surface area contributed by atoms with E-state index in [2.05, 4.69) is 5.32 Å². The average molecular weight is 470 g/mol. The number of likely N-dealkylation sites (tertiary alicyclic amines) is 1. The molecule has 2 aromatic rings. The van der Waals surface area contributed by atoms with E-state index in [9.17, 15) is 18.0 Å². The van der Waals surface area contributed by atoms with Crippen LogP contribution in [0.15, 0.2) is 48.5 Å². The van der Waals surface area contributed by atoms with E-state index in [1.165, 1.54) is 4.31 Å². The number of nitrogens with zero attached hydrogens (tertiary/aromatic N) is 2. The third kappa shape index (κ3) is 5.62. The van der Waals surface area contributed by atoms with Gasteiger partial charge in [-0.05, 0) is 50.3 Å². The second-order valence-corrected chi connectivity index (χ2v) is 10.9. The monoisotopic (exact) mass is 469 g/mol.